The lowest BCUT2D eigenvalue weighted by Gasteiger charge is -2.14. The number of rotatable bonds is 5. The van der Waals surface area contributed by atoms with E-state index in [4.69, 9.17) is 4.74 Å². The molecule has 1 aromatic heterocycles. The zero-order valence-corrected chi connectivity index (χ0v) is 16.4. The van der Waals surface area contributed by atoms with Crippen molar-refractivity contribution < 1.29 is 9.53 Å². The summed E-state index contributed by atoms with van der Waals surface area (Å²) < 4.78 is 6.55. The molecule has 0 aliphatic rings. The highest BCUT2D eigenvalue weighted by atomic mass is 127. The second-order valence-corrected chi connectivity index (χ2v) is 5.00. The summed E-state index contributed by atoms with van der Waals surface area (Å²) in [5, 5.41) is 10.7. The highest BCUT2D eigenvalue weighted by molar-refractivity contribution is 14.0. The normalized spacial score (nSPS) is 12.4. The van der Waals surface area contributed by atoms with E-state index in [1.165, 1.54) is 7.11 Å². The molecule has 0 saturated heterocycles. The van der Waals surface area contributed by atoms with Crippen LogP contribution in [0.1, 0.15) is 23.9 Å². The molecule has 1 heterocycles. The fraction of sp³-hybridized carbons (Fsp3) is 0.643. The summed E-state index contributed by atoms with van der Waals surface area (Å²) >= 11 is 0. The number of aliphatic imine (C=N–C) groups is 1. The van der Waals surface area contributed by atoms with E-state index in [1.54, 1.807) is 7.05 Å². The Kier molecular flexibility index (Phi) is 9.07. The van der Waals surface area contributed by atoms with Crippen LogP contribution in [0.25, 0.3) is 0 Å². The fourth-order valence-corrected chi connectivity index (χ4v) is 2.00. The van der Waals surface area contributed by atoms with Gasteiger partial charge in [-0.15, -0.1) is 24.0 Å². The molecule has 0 spiro atoms. The number of nitrogens with one attached hydrogen (secondary N) is 2. The standard InChI is InChI=1S/C14H25N5O2.HI/c1-9(13(20)21-6)7-16-14(15-4)17-8-12-10(2)18-19(5)11(12)3;/h9H,7-8H2,1-6H3,(H2,15,16,17);1H. The number of aryl methyl sites for hydroxylation is 2. The zero-order valence-electron chi connectivity index (χ0n) is 14.1. The molecule has 0 aromatic carbocycles. The van der Waals surface area contributed by atoms with Gasteiger partial charge in [0.05, 0.1) is 18.7 Å². The van der Waals surface area contributed by atoms with Crippen molar-refractivity contribution in [1.82, 2.24) is 20.4 Å². The van der Waals surface area contributed by atoms with Crippen LogP contribution >= 0.6 is 24.0 Å². The molecule has 1 rings (SSSR count). The molecule has 8 heteroatoms. The van der Waals surface area contributed by atoms with Gasteiger partial charge >= 0.3 is 5.97 Å². The molecule has 0 radical (unpaired) electrons. The first kappa shape index (κ1) is 20.7. The van der Waals surface area contributed by atoms with Gasteiger partial charge in [-0.25, -0.2) is 0 Å². The molecule has 126 valence electrons. The molecule has 0 aliphatic heterocycles. The monoisotopic (exact) mass is 423 g/mol. The molecule has 0 bridgehead atoms. The van der Waals surface area contributed by atoms with E-state index in [-0.39, 0.29) is 35.9 Å². The third-order valence-electron chi connectivity index (χ3n) is 3.49. The number of esters is 1. The number of hydrogen-bond acceptors (Lipinski definition) is 4. The Balaban J connectivity index is 0.00000441. The van der Waals surface area contributed by atoms with Gasteiger partial charge < -0.3 is 15.4 Å². The predicted molar refractivity (Wildman–Crippen MR) is 97.5 cm³/mol. The van der Waals surface area contributed by atoms with Crippen molar-refractivity contribution in [1.29, 1.82) is 0 Å². The number of carbonyl (C=O) groups is 1. The topological polar surface area (TPSA) is 80.5 Å². The third-order valence-corrected chi connectivity index (χ3v) is 3.49. The lowest BCUT2D eigenvalue weighted by molar-refractivity contribution is -0.144. The van der Waals surface area contributed by atoms with E-state index < -0.39 is 0 Å². The minimum Gasteiger partial charge on any atom is -0.469 e. The number of carbonyl (C=O) groups excluding carboxylic acids is 1. The van der Waals surface area contributed by atoms with Gasteiger partial charge in [0.1, 0.15) is 0 Å². The zero-order chi connectivity index (χ0) is 16.0. The summed E-state index contributed by atoms with van der Waals surface area (Å²) in [7, 11) is 5.01. The van der Waals surface area contributed by atoms with Gasteiger partial charge in [-0.1, -0.05) is 6.92 Å². The molecule has 0 fully saturated rings. The van der Waals surface area contributed by atoms with Gasteiger partial charge in [-0.3, -0.25) is 14.5 Å². The molecule has 1 aromatic rings. The molecule has 0 amide bonds. The average Bonchev–Trinajstić information content (AvgIpc) is 2.71. The third kappa shape index (κ3) is 5.47. The van der Waals surface area contributed by atoms with Gasteiger partial charge in [0.25, 0.3) is 0 Å². The van der Waals surface area contributed by atoms with Gasteiger partial charge in [0, 0.05) is 38.4 Å². The highest BCUT2D eigenvalue weighted by Gasteiger charge is 2.14. The van der Waals surface area contributed by atoms with Crippen molar-refractivity contribution in [3.05, 3.63) is 17.0 Å². The van der Waals surface area contributed by atoms with Crippen LogP contribution in [0.15, 0.2) is 4.99 Å². The van der Waals surface area contributed by atoms with Crippen LogP contribution in [-0.2, 0) is 23.1 Å². The number of halogens is 1. The molecule has 1 unspecified atom stereocenters. The number of methoxy groups -OCH3 is 1. The van der Waals surface area contributed by atoms with E-state index in [9.17, 15) is 4.79 Å². The maximum absolute atomic E-state index is 11.4. The Labute approximate surface area is 148 Å². The van der Waals surface area contributed by atoms with Crippen molar-refractivity contribution in [2.24, 2.45) is 18.0 Å². The Morgan fingerprint density at radius 3 is 2.50 bits per heavy atom. The first-order chi connectivity index (χ1) is 9.90. The van der Waals surface area contributed by atoms with Crippen LogP contribution < -0.4 is 10.6 Å². The first-order valence-corrected chi connectivity index (χ1v) is 6.92. The Morgan fingerprint density at radius 2 is 2.05 bits per heavy atom. The predicted octanol–water partition coefficient (Wildman–Crippen LogP) is 1.13. The summed E-state index contributed by atoms with van der Waals surface area (Å²) in [6.07, 6.45) is 0. The maximum Gasteiger partial charge on any atom is 0.310 e. The lowest BCUT2D eigenvalue weighted by atomic mass is 10.2. The van der Waals surface area contributed by atoms with Crippen LogP contribution in [-0.4, -0.2) is 42.4 Å². The minimum absolute atomic E-state index is 0. The van der Waals surface area contributed by atoms with Crippen LogP contribution in [0, 0.1) is 19.8 Å². The van der Waals surface area contributed by atoms with Crippen LogP contribution in [0.5, 0.6) is 0 Å². The average molecular weight is 423 g/mol. The molecule has 1 atom stereocenters. The first-order valence-electron chi connectivity index (χ1n) is 6.92. The molecule has 7 nitrogen and oxygen atoms in total. The number of nitrogens with zero attached hydrogens (tertiary/aromatic N) is 3. The van der Waals surface area contributed by atoms with Crippen molar-refractivity contribution in [3.8, 4) is 0 Å². The Hall–Kier alpha value is -1.32. The summed E-state index contributed by atoms with van der Waals surface area (Å²) in [6, 6.07) is 0. The summed E-state index contributed by atoms with van der Waals surface area (Å²) in [5.74, 6) is 0.181. The summed E-state index contributed by atoms with van der Waals surface area (Å²) in [6.45, 7) is 6.93. The van der Waals surface area contributed by atoms with Crippen molar-refractivity contribution in [2.45, 2.75) is 27.3 Å². The molecule has 0 saturated carbocycles. The van der Waals surface area contributed by atoms with Gasteiger partial charge in [0.15, 0.2) is 5.96 Å². The number of aromatic nitrogens is 2. The summed E-state index contributed by atoms with van der Waals surface area (Å²) in [5.41, 5.74) is 3.28. The number of hydrogen-bond donors (Lipinski definition) is 2. The summed E-state index contributed by atoms with van der Waals surface area (Å²) in [4.78, 5) is 15.5. The van der Waals surface area contributed by atoms with Crippen molar-refractivity contribution >= 4 is 35.9 Å². The highest BCUT2D eigenvalue weighted by Crippen LogP contribution is 2.10. The van der Waals surface area contributed by atoms with Gasteiger partial charge in [-0.05, 0) is 13.8 Å². The largest absolute Gasteiger partial charge is 0.469 e. The second kappa shape index (κ2) is 9.65. The van der Waals surface area contributed by atoms with Gasteiger partial charge in [0.2, 0.25) is 0 Å². The van der Waals surface area contributed by atoms with E-state index in [0.717, 1.165) is 17.0 Å². The van der Waals surface area contributed by atoms with E-state index >= 15 is 0 Å². The van der Waals surface area contributed by atoms with E-state index in [1.807, 2.05) is 32.5 Å². The van der Waals surface area contributed by atoms with Gasteiger partial charge in [-0.2, -0.15) is 5.10 Å². The van der Waals surface area contributed by atoms with Crippen molar-refractivity contribution in [3.63, 3.8) is 0 Å². The molecule has 2 N–H and O–H groups in total. The SMILES string of the molecule is CN=C(NCc1c(C)nn(C)c1C)NCC(C)C(=O)OC.I. The molecular formula is C14H26IN5O2. The smallest absolute Gasteiger partial charge is 0.310 e. The lowest BCUT2D eigenvalue weighted by Crippen LogP contribution is -2.40. The number of ether oxygens (including phenoxy) is 1. The molecule has 0 aliphatic carbocycles. The van der Waals surface area contributed by atoms with Crippen LogP contribution in [0.4, 0.5) is 0 Å². The van der Waals surface area contributed by atoms with Crippen LogP contribution in [0.3, 0.4) is 0 Å². The Morgan fingerprint density at radius 1 is 1.41 bits per heavy atom. The fourth-order valence-electron chi connectivity index (χ4n) is 2.00. The van der Waals surface area contributed by atoms with E-state index in [0.29, 0.717) is 19.0 Å². The van der Waals surface area contributed by atoms with Crippen LogP contribution in [0.2, 0.25) is 0 Å². The van der Waals surface area contributed by atoms with Crippen molar-refractivity contribution in [2.75, 3.05) is 20.7 Å². The minimum atomic E-state index is -0.239. The quantitative estimate of drug-likeness (QED) is 0.321. The maximum atomic E-state index is 11.4. The number of guanidine groups is 1. The molecule has 22 heavy (non-hydrogen) atoms. The molecular weight excluding hydrogens is 397 g/mol. The Bertz CT molecular complexity index is 528. The second-order valence-electron chi connectivity index (χ2n) is 5.00. The van der Waals surface area contributed by atoms with E-state index in [2.05, 4.69) is 20.7 Å².